The van der Waals surface area contributed by atoms with Crippen LogP contribution in [0, 0.1) is 0 Å². The number of nitrogens with zero attached hydrogens (tertiary/aromatic N) is 1. The molecule has 1 heterocycles. The number of hydrogen-bond acceptors (Lipinski definition) is 10. The topological polar surface area (TPSA) is 127 Å². The lowest BCUT2D eigenvalue weighted by molar-refractivity contribution is -0.157. The second-order valence-electron chi connectivity index (χ2n) is 10.9. The summed E-state index contributed by atoms with van der Waals surface area (Å²) in [4.78, 5) is 52.9. The Morgan fingerprint density at radius 3 is 2.20 bits per heavy atom. The Bertz CT molecular complexity index is 1270. The molecule has 0 atom stereocenters. The number of benzene rings is 2. The minimum atomic E-state index is -0.808. The molecule has 11 nitrogen and oxygen atoms in total. The lowest BCUT2D eigenvalue weighted by atomic mass is 10.1. The molecule has 216 valence electrons. The van der Waals surface area contributed by atoms with Crippen LogP contribution in [-0.4, -0.2) is 68.5 Å². The van der Waals surface area contributed by atoms with Crippen molar-refractivity contribution in [2.24, 2.45) is 0 Å². The number of ether oxygens (including phenoxy) is 6. The Morgan fingerprint density at radius 1 is 0.875 bits per heavy atom. The van der Waals surface area contributed by atoms with Gasteiger partial charge in [0.25, 0.3) is 5.91 Å². The summed E-state index contributed by atoms with van der Waals surface area (Å²) in [5.74, 6) is -2.23. The molecule has 1 aliphatic heterocycles. The van der Waals surface area contributed by atoms with Gasteiger partial charge in [0.05, 0.1) is 17.9 Å². The van der Waals surface area contributed by atoms with Crippen molar-refractivity contribution in [1.29, 1.82) is 0 Å². The molecule has 0 saturated carbocycles. The lowest BCUT2D eigenvalue weighted by Gasteiger charge is -2.25. The van der Waals surface area contributed by atoms with Crippen LogP contribution in [0.5, 0.6) is 17.2 Å². The molecule has 0 N–H and O–H groups in total. The molecule has 2 aromatic rings. The summed E-state index contributed by atoms with van der Waals surface area (Å²) < 4.78 is 32.6. The van der Waals surface area contributed by atoms with Gasteiger partial charge in [-0.25, -0.2) is 9.59 Å². The van der Waals surface area contributed by atoms with Gasteiger partial charge < -0.3 is 28.4 Å². The van der Waals surface area contributed by atoms with Gasteiger partial charge in [-0.2, -0.15) is 0 Å². The van der Waals surface area contributed by atoms with Crippen LogP contribution < -0.4 is 14.4 Å². The average Bonchev–Trinajstić information content (AvgIpc) is 2.95. The second-order valence-corrected chi connectivity index (χ2v) is 10.9. The van der Waals surface area contributed by atoms with Gasteiger partial charge in [-0.1, -0.05) is 6.07 Å². The minimum absolute atomic E-state index is 0.0185. The van der Waals surface area contributed by atoms with Crippen LogP contribution >= 0.6 is 0 Å². The molecule has 0 bridgehead atoms. The van der Waals surface area contributed by atoms with Gasteiger partial charge in [0.2, 0.25) is 0 Å². The Balaban J connectivity index is 2.01. The number of carbonyl (C=O) groups is 4. The van der Waals surface area contributed by atoms with Crippen molar-refractivity contribution >= 4 is 29.5 Å². The molecule has 2 aromatic carbocycles. The fourth-order valence-corrected chi connectivity index (χ4v) is 3.70. The van der Waals surface area contributed by atoms with E-state index in [0.29, 0.717) is 0 Å². The predicted octanol–water partition coefficient (Wildman–Crippen LogP) is 4.30. The van der Waals surface area contributed by atoms with E-state index in [4.69, 9.17) is 28.4 Å². The molecule has 0 unspecified atom stereocenters. The summed E-state index contributed by atoms with van der Waals surface area (Å²) in [5, 5.41) is 0. The van der Waals surface area contributed by atoms with E-state index in [2.05, 4.69) is 0 Å². The number of anilines is 1. The van der Waals surface area contributed by atoms with Crippen molar-refractivity contribution < 1.29 is 47.6 Å². The van der Waals surface area contributed by atoms with Gasteiger partial charge in [-0.15, -0.1) is 0 Å². The molecule has 0 saturated heterocycles. The zero-order chi connectivity index (χ0) is 29.7. The number of amides is 1. The quantitative estimate of drug-likeness (QED) is 0.250. The van der Waals surface area contributed by atoms with Crippen LogP contribution in [0.25, 0.3) is 0 Å². The molecule has 0 aliphatic carbocycles. The molecule has 0 aromatic heterocycles. The van der Waals surface area contributed by atoms with Crippen LogP contribution in [0.15, 0.2) is 36.4 Å². The fraction of sp³-hybridized carbons (Fsp3) is 0.448. The maximum Gasteiger partial charge on any atom is 0.344 e. The smallest absolute Gasteiger partial charge is 0.344 e. The van der Waals surface area contributed by atoms with E-state index in [1.165, 1.54) is 31.4 Å². The third kappa shape index (κ3) is 8.19. The zero-order valence-corrected chi connectivity index (χ0v) is 23.8. The number of carbonyl (C=O) groups excluding carboxylic acids is 4. The molecule has 11 heteroatoms. The van der Waals surface area contributed by atoms with Crippen molar-refractivity contribution in [3.63, 3.8) is 0 Å². The third-order valence-corrected chi connectivity index (χ3v) is 5.15. The van der Waals surface area contributed by atoms with Crippen LogP contribution in [0.3, 0.4) is 0 Å². The van der Waals surface area contributed by atoms with Gasteiger partial charge in [0, 0.05) is 7.11 Å². The van der Waals surface area contributed by atoms with Gasteiger partial charge in [0.15, 0.2) is 12.4 Å². The largest absolute Gasteiger partial charge is 0.481 e. The molecule has 0 spiro atoms. The number of fused-ring (bicyclic) bond motifs is 2. The molecule has 3 rings (SSSR count). The van der Waals surface area contributed by atoms with E-state index in [1.807, 2.05) is 0 Å². The summed E-state index contributed by atoms with van der Waals surface area (Å²) in [7, 11) is 1.48. The summed E-state index contributed by atoms with van der Waals surface area (Å²) in [6.45, 7) is 9.59. The SMILES string of the molecule is COCCOC(=O)c1ccc2c(c1)N(CC(=O)OC(C)(C)C)C(=O)c1c(OCC(=O)OC(C)(C)C)cccc1O2. The van der Waals surface area contributed by atoms with Gasteiger partial charge >= 0.3 is 17.9 Å². The highest BCUT2D eigenvalue weighted by molar-refractivity contribution is 6.13. The maximum absolute atomic E-state index is 14.0. The summed E-state index contributed by atoms with van der Waals surface area (Å²) in [6.07, 6.45) is 0. The molecule has 0 fully saturated rings. The van der Waals surface area contributed by atoms with Crippen molar-refractivity contribution in [3.05, 3.63) is 47.5 Å². The van der Waals surface area contributed by atoms with Crippen LogP contribution in [-0.2, 0) is 28.5 Å². The van der Waals surface area contributed by atoms with Crippen molar-refractivity contribution in [2.45, 2.75) is 52.7 Å². The first kappa shape index (κ1) is 30.4. The van der Waals surface area contributed by atoms with Gasteiger partial charge in [-0.3, -0.25) is 14.5 Å². The van der Waals surface area contributed by atoms with E-state index >= 15 is 0 Å². The second kappa shape index (κ2) is 12.4. The first-order valence-electron chi connectivity index (χ1n) is 12.7. The highest BCUT2D eigenvalue weighted by atomic mass is 16.6. The number of methoxy groups -OCH3 is 1. The standard InChI is InChI=1S/C29H35NO10/c1-28(2,3)39-23(31)16-30-19-15-18(27(34)36-14-13-35-7)11-12-20(19)38-22-10-8-9-21(25(22)26(30)33)37-17-24(32)40-29(4,5)6/h8-12,15H,13-14,16-17H2,1-7H3. The summed E-state index contributed by atoms with van der Waals surface area (Å²) >= 11 is 0. The highest BCUT2D eigenvalue weighted by Gasteiger charge is 2.34. The summed E-state index contributed by atoms with van der Waals surface area (Å²) in [5.41, 5.74) is -1.27. The molecule has 40 heavy (non-hydrogen) atoms. The molecule has 0 radical (unpaired) electrons. The number of hydrogen-bond donors (Lipinski definition) is 0. The van der Waals surface area contributed by atoms with Crippen LogP contribution in [0.4, 0.5) is 5.69 Å². The molecular formula is C29H35NO10. The van der Waals surface area contributed by atoms with Crippen LogP contribution in [0.2, 0.25) is 0 Å². The average molecular weight is 558 g/mol. The van der Waals surface area contributed by atoms with Gasteiger partial charge in [-0.05, 0) is 71.9 Å². The van der Waals surface area contributed by atoms with E-state index in [-0.39, 0.29) is 47.3 Å². The first-order chi connectivity index (χ1) is 18.7. The van der Waals surface area contributed by atoms with E-state index < -0.39 is 48.2 Å². The van der Waals surface area contributed by atoms with Crippen molar-refractivity contribution in [2.75, 3.05) is 38.4 Å². The van der Waals surface area contributed by atoms with Gasteiger partial charge in [0.1, 0.15) is 41.4 Å². The number of rotatable bonds is 9. The maximum atomic E-state index is 14.0. The number of esters is 3. The predicted molar refractivity (Wildman–Crippen MR) is 144 cm³/mol. The Hall–Kier alpha value is -4.12. The monoisotopic (exact) mass is 557 g/mol. The summed E-state index contributed by atoms with van der Waals surface area (Å²) in [6, 6.07) is 9.05. The van der Waals surface area contributed by atoms with Crippen molar-refractivity contribution in [3.8, 4) is 17.2 Å². The van der Waals surface area contributed by atoms with E-state index in [0.717, 1.165) is 4.90 Å². The van der Waals surface area contributed by atoms with Crippen LogP contribution in [0.1, 0.15) is 62.3 Å². The fourth-order valence-electron chi connectivity index (χ4n) is 3.70. The third-order valence-electron chi connectivity index (χ3n) is 5.15. The first-order valence-corrected chi connectivity index (χ1v) is 12.7. The van der Waals surface area contributed by atoms with Crippen molar-refractivity contribution in [1.82, 2.24) is 0 Å². The highest BCUT2D eigenvalue weighted by Crippen LogP contribution is 2.42. The minimum Gasteiger partial charge on any atom is -0.481 e. The van der Waals surface area contributed by atoms with E-state index in [9.17, 15) is 19.2 Å². The molecule has 1 aliphatic rings. The molecular weight excluding hydrogens is 522 g/mol. The lowest BCUT2D eigenvalue weighted by Crippen LogP contribution is -2.39. The normalized spacial score (nSPS) is 12.9. The Kier molecular flexibility index (Phi) is 9.41. The molecule has 1 amide bonds. The Morgan fingerprint density at radius 2 is 1.55 bits per heavy atom. The van der Waals surface area contributed by atoms with E-state index in [1.54, 1.807) is 53.7 Å². The zero-order valence-electron chi connectivity index (χ0n) is 23.8. The Labute approximate surface area is 233 Å².